The van der Waals surface area contributed by atoms with Gasteiger partial charge in [-0.2, -0.15) is 0 Å². The van der Waals surface area contributed by atoms with Crippen molar-refractivity contribution in [3.8, 4) is 0 Å². The van der Waals surface area contributed by atoms with Crippen LogP contribution in [0.3, 0.4) is 0 Å². The zero-order valence-corrected chi connectivity index (χ0v) is 21.2. The average Bonchev–Trinajstić information content (AvgIpc) is 3.34. The van der Waals surface area contributed by atoms with Gasteiger partial charge in [0.1, 0.15) is 11.6 Å². The van der Waals surface area contributed by atoms with Gasteiger partial charge in [0.15, 0.2) is 0 Å². The van der Waals surface area contributed by atoms with Crippen LogP contribution in [0.4, 0.5) is 5.82 Å². The monoisotopic (exact) mass is 484 g/mol. The minimum absolute atomic E-state index is 0.150. The highest BCUT2D eigenvalue weighted by molar-refractivity contribution is 5.89. The molecule has 0 bridgehead atoms. The lowest BCUT2D eigenvalue weighted by Crippen LogP contribution is -2.37. The number of pyridine rings is 1. The first-order chi connectivity index (χ1) is 17.5. The molecule has 2 aliphatic rings. The largest absolute Gasteiger partial charge is 0.478 e. The minimum atomic E-state index is -0.857. The molecule has 1 aliphatic carbocycles. The number of piperidine rings is 1. The Bertz CT molecular complexity index is 1250. The maximum Gasteiger partial charge on any atom is 0.335 e. The summed E-state index contributed by atoms with van der Waals surface area (Å²) in [6.45, 7) is 3.85. The van der Waals surface area contributed by atoms with Gasteiger partial charge in [-0.05, 0) is 80.2 Å². The Morgan fingerprint density at radius 3 is 2.53 bits per heavy atom. The number of carboxylic acids is 1. The smallest absolute Gasteiger partial charge is 0.335 e. The molecule has 188 valence electrons. The van der Waals surface area contributed by atoms with Gasteiger partial charge in [-0.25, -0.2) is 9.78 Å². The van der Waals surface area contributed by atoms with Gasteiger partial charge in [-0.15, -0.1) is 0 Å². The Morgan fingerprint density at radius 1 is 0.944 bits per heavy atom. The Balaban J connectivity index is 1.15. The van der Waals surface area contributed by atoms with Crippen molar-refractivity contribution in [1.82, 2.24) is 4.98 Å². The van der Waals surface area contributed by atoms with Crippen LogP contribution in [0.1, 0.15) is 66.4 Å². The van der Waals surface area contributed by atoms with Gasteiger partial charge in [-0.3, -0.25) is 4.79 Å². The quantitative estimate of drug-likeness (QED) is 0.397. The summed E-state index contributed by atoms with van der Waals surface area (Å²) in [5.74, 6) is 1.69. The molecule has 1 N–H and O–H groups in total. The summed E-state index contributed by atoms with van der Waals surface area (Å²) >= 11 is 0. The number of benzene rings is 2. The third-order valence-electron chi connectivity index (χ3n) is 8.49. The van der Waals surface area contributed by atoms with Crippen molar-refractivity contribution < 1.29 is 14.7 Å². The number of ketones is 1. The summed E-state index contributed by atoms with van der Waals surface area (Å²) in [6.07, 6.45) is 7.67. The predicted octanol–water partition coefficient (Wildman–Crippen LogP) is 6.47. The topological polar surface area (TPSA) is 70.5 Å². The van der Waals surface area contributed by atoms with Gasteiger partial charge in [-0.1, -0.05) is 49.2 Å². The first kappa shape index (κ1) is 24.5. The van der Waals surface area contributed by atoms with Gasteiger partial charge in [0.05, 0.1) is 11.1 Å². The normalized spacial score (nSPS) is 20.6. The number of carbonyl (C=O) groups is 2. The molecule has 1 aromatic heterocycles. The number of carboxylic acid groups (broad SMARTS) is 1. The molecule has 2 atom stereocenters. The molecule has 5 nitrogen and oxygen atoms in total. The molecule has 5 rings (SSSR count). The number of hydrogen-bond acceptors (Lipinski definition) is 4. The molecule has 1 aliphatic heterocycles. The molecule has 3 aromatic rings. The van der Waals surface area contributed by atoms with Crippen LogP contribution in [0, 0.1) is 24.7 Å². The third kappa shape index (κ3) is 5.30. The molecule has 5 heteroatoms. The first-order valence-electron chi connectivity index (χ1n) is 13.4. The van der Waals surface area contributed by atoms with Crippen molar-refractivity contribution in [3.63, 3.8) is 0 Å². The van der Waals surface area contributed by atoms with Crippen molar-refractivity contribution in [2.45, 2.75) is 58.3 Å². The molecule has 36 heavy (non-hydrogen) atoms. The van der Waals surface area contributed by atoms with Gasteiger partial charge in [0, 0.05) is 30.8 Å². The van der Waals surface area contributed by atoms with E-state index >= 15 is 0 Å². The first-order valence-corrected chi connectivity index (χ1v) is 13.4. The standard InChI is InChI=1S/C31H36N2O3/c1-21-6-4-9-25-14-15-29(32-30(21)25)33-18-16-24(17-19-33)28(34)20-26-10-5-8-22(26)12-13-23-7-2-3-11-27(23)31(35)36/h2-4,6-7,9,11,14-15,22,24,26H,5,8,10,12-13,16-20H2,1H3,(H,35,36)/t22-,26+/m0/s1. The molecule has 2 heterocycles. The van der Waals surface area contributed by atoms with Crippen LogP contribution in [0.15, 0.2) is 54.6 Å². The Labute approximate surface area is 213 Å². The maximum atomic E-state index is 13.3. The van der Waals surface area contributed by atoms with Crippen LogP contribution >= 0.6 is 0 Å². The molecule has 1 saturated heterocycles. The van der Waals surface area contributed by atoms with Gasteiger partial charge < -0.3 is 10.0 Å². The number of aromatic nitrogens is 1. The Kier molecular flexibility index (Phi) is 7.35. The molecular weight excluding hydrogens is 448 g/mol. The SMILES string of the molecule is Cc1cccc2ccc(N3CCC(C(=O)C[C@H]4CCC[C@H]4CCc4ccccc4C(=O)O)CC3)nc12. The second-order valence-corrected chi connectivity index (χ2v) is 10.7. The summed E-state index contributed by atoms with van der Waals surface area (Å²) in [5.41, 5.74) is 3.57. The highest BCUT2D eigenvalue weighted by Crippen LogP contribution is 2.39. The third-order valence-corrected chi connectivity index (χ3v) is 8.49. The Hall–Kier alpha value is -3.21. The number of rotatable bonds is 8. The summed E-state index contributed by atoms with van der Waals surface area (Å²) < 4.78 is 0. The van der Waals surface area contributed by atoms with Crippen LogP contribution in [0.2, 0.25) is 0 Å². The molecule has 0 amide bonds. The second-order valence-electron chi connectivity index (χ2n) is 10.7. The molecule has 0 spiro atoms. The van der Waals surface area contributed by atoms with Crippen LogP contribution in [0.5, 0.6) is 0 Å². The number of nitrogens with zero attached hydrogens (tertiary/aromatic N) is 2. The summed E-state index contributed by atoms with van der Waals surface area (Å²) in [6, 6.07) is 17.8. The number of aromatic carboxylic acids is 1. The van der Waals surface area contributed by atoms with Crippen LogP contribution in [-0.2, 0) is 11.2 Å². The van der Waals surface area contributed by atoms with Gasteiger partial charge >= 0.3 is 5.97 Å². The maximum absolute atomic E-state index is 13.3. The fourth-order valence-corrected chi connectivity index (χ4v) is 6.37. The van der Waals surface area contributed by atoms with E-state index in [0.29, 0.717) is 29.6 Å². The number of para-hydroxylation sites is 1. The van der Waals surface area contributed by atoms with E-state index in [2.05, 4.69) is 42.2 Å². The number of carbonyl (C=O) groups excluding carboxylic acids is 1. The van der Waals surface area contributed by atoms with Crippen molar-refractivity contribution in [3.05, 3.63) is 71.3 Å². The predicted molar refractivity (Wildman–Crippen MR) is 144 cm³/mol. The van der Waals surface area contributed by atoms with Crippen molar-refractivity contribution in [2.24, 2.45) is 17.8 Å². The van der Waals surface area contributed by atoms with Crippen molar-refractivity contribution >= 4 is 28.5 Å². The molecule has 0 unspecified atom stereocenters. The number of Topliss-reactive ketones (excluding diaryl/α,β-unsaturated/α-hetero) is 1. The lowest BCUT2D eigenvalue weighted by atomic mass is 9.82. The average molecular weight is 485 g/mol. The summed E-state index contributed by atoms with van der Waals surface area (Å²) in [4.78, 5) is 32.1. The van der Waals surface area contributed by atoms with E-state index in [0.717, 1.165) is 68.5 Å². The highest BCUT2D eigenvalue weighted by atomic mass is 16.4. The molecule has 0 radical (unpaired) electrons. The fourth-order valence-electron chi connectivity index (χ4n) is 6.37. The zero-order chi connectivity index (χ0) is 25.1. The number of aryl methyl sites for hydroxylation is 2. The van der Waals surface area contributed by atoms with Crippen LogP contribution in [0.25, 0.3) is 10.9 Å². The van der Waals surface area contributed by atoms with E-state index in [-0.39, 0.29) is 5.92 Å². The molecular formula is C31H36N2O3. The van der Waals surface area contributed by atoms with E-state index in [9.17, 15) is 14.7 Å². The number of anilines is 1. The Morgan fingerprint density at radius 2 is 1.72 bits per heavy atom. The van der Waals surface area contributed by atoms with E-state index < -0.39 is 5.97 Å². The van der Waals surface area contributed by atoms with Crippen molar-refractivity contribution in [1.29, 1.82) is 0 Å². The van der Waals surface area contributed by atoms with E-state index in [1.54, 1.807) is 12.1 Å². The van der Waals surface area contributed by atoms with E-state index in [1.807, 2.05) is 12.1 Å². The number of hydrogen-bond donors (Lipinski definition) is 1. The lowest BCUT2D eigenvalue weighted by Gasteiger charge is -2.33. The van der Waals surface area contributed by atoms with Gasteiger partial charge in [0.25, 0.3) is 0 Å². The van der Waals surface area contributed by atoms with Crippen molar-refractivity contribution in [2.75, 3.05) is 18.0 Å². The molecule has 1 saturated carbocycles. The fraction of sp³-hybridized carbons (Fsp3) is 0.452. The molecule has 2 fully saturated rings. The number of fused-ring (bicyclic) bond motifs is 1. The summed E-state index contributed by atoms with van der Waals surface area (Å²) in [5, 5.41) is 10.6. The van der Waals surface area contributed by atoms with Crippen LogP contribution in [-0.4, -0.2) is 34.9 Å². The highest BCUT2D eigenvalue weighted by Gasteiger charge is 2.32. The molecule has 2 aromatic carbocycles. The summed E-state index contributed by atoms with van der Waals surface area (Å²) in [7, 11) is 0. The second kappa shape index (κ2) is 10.8. The van der Waals surface area contributed by atoms with Crippen LogP contribution < -0.4 is 4.90 Å². The van der Waals surface area contributed by atoms with E-state index in [4.69, 9.17) is 4.98 Å². The zero-order valence-electron chi connectivity index (χ0n) is 21.2. The minimum Gasteiger partial charge on any atom is -0.478 e. The van der Waals surface area contributed by atoms with E-state index in [1.165, 1.54) is 17.4 Å². The lowest BCUT2D eigenvalue weighted by molar-refractivity contribution is -0.124. The van der Waals surface area contributed by atoms with Gasteiger partial charge in [0.2, 0.25) is 0 Å².